The summed E-state index contributed by atoms with van der Waals surface area (Å²) in [6, 6.07) is 5.41. The Hall–Kier alpha value is -0.730. The van der Waals surface area contributed by atoms with Crippen molar-refractivity contribution < 1.29 is 4.79 Å². The number of amides is 1. The van der Waals surface area contributed by atoms with Gasteiger partial charge in [-0.05, 0) is 43.0 Å². The van der Waals surface area contributed by atoms with Gasteiger partial charge >= 0.3 is 0 Å². The van der Waals surface area contributed by atoms with Crippen molar-refractivity contribution in [2.24, 2.45) is 5.92 Å². The summed E-state index contributed by atoms with van der Waals surface area (Å²) in [5.41, 5.74) is 1.65. The highest BCUT2D eigenvalue weighted by atomic mass is 35.5. The second-order valence-corrected chi connectivity index (χ2v) is 5.24. The van der Waals surface area contributed by atoms with Crippen molar-refractivity contribution >= 4 is 29.1 Å². The van der Waals surface area contributed by atoms with Gasteiger partial charge in [-0.3, -0.25) is 4.79 Å². The summed E-state index contributed by atoms with van der Waals surface area (Å²) in [6.45, 7) is 3.48. The van der Waals surface area contributed by atoms with Crippen molar-refractivity contribution in [3.05, 3.63) is 34.3 Å². The lowest BCUT2D eigenvalue weighted by Crippen LogP contribution is -2.28. The lowest BCUT2D eigenvalue weighted by molar-refractivity contribution is 0.0788. The monoisotopic (exact) mass is 271 g/mol. The normalized spacial score (nSPS) is 19.7. The molecular formula is C13H15Cl2NO. The molecule has 1 aliphatic heterocycles. The SMILES string of the molecule is Cc1cc(C(=O)N2CCC(CCl)C2)ccc1Cl. The molecule has 1 aromatic carbocycles. The zero-order valence-electron chi connectivity index (χ0n) is 9.75. The van der Waals surface area contributed by atoms with E-state index in [1.165, 1.54) is 0 Å². The lowest BCUT2D eigenvalue weighted by Gasteiger charge is -2.16. The van der Waals surface area contributed by atoms with Gasteiger partial charge < -0.3 is 4.90 Å². The first-order chi connectivity index (χ1) is 8.11. The van der Waals surface area contributed by atoms with Crippen LogP contribution in [0.4, 0.5) is 0 Å². The number of alkyl halides is 1. The molecule has 1 amide bonds. The molecule has 1 fully saturated rings. The molecule has 0 bridgehead atoms. The molecule has 1 unspecified atom stereocenters. The first kappa shape index (κ1) is 12.7. The molecule has 1 heterocycles. The largest absolute Gasteiger partial charge is 0.338 e. The number of aryl methyl sites for hydroxylation is 1. The van der Waals surface area contributed by atoms with Gasteiger partial charge in [0.25, 0.3) is 5.91 Å². The zero-order chi connectivity index (χ0) is 12.4. The van der Waals surface area contributed by atoms with Crippen molar-refractivity contribution in [2.75, 3.05) is 19.0 Å². The van der Waals surface area contributed by atoms with Gasteiger partial charge in [-0.25, -0.2) is 0 Å². The number of benzene rings is 1. The Morgan fingerprint density at radius 1 is 1.53 bits per heavy atom. The van der Waals surface area contributed by atoms with E-state index in [0.717, 1.165) is 25.1 Å². The Balaban J connectivity index is 2.12. The van der Waals surface area contributed by atoms with E-state index in [0.29, 0.717) is 22.4 Å². The molecule has 0 N–H and O–H groups in total. The maximum absolute atomic E-state index is 12.2. The summed E-state index contributed by atoms with van der Waals surface area (Å²) >= 11 is 11.8. The number of hydrogen-bond donors (Lipinski definition) is 0. The molecular weight excluding hydrogens is 257 g/mol. The number of likely N-dealkylation sites (tertiary alicyclic amines) is 1. The lowest BCUT2D eigenvalue weighted by atomic mass is 10.1. The van der Waals surface area contributed by atoms with Crippen LogP contribution in [-0.4, -0.2) is 29.8 Å². The van der Waals surface area contributed by atoms with Gasteiger partial charge in [-0.2, -0.15) is 0 Å². The predicted octanol–water partition coefficient (Wildman–Crippen LogP) is 3.35. The Morgan fingerprint density at radius 3 is 2.88 bits per heavy atom. The van der Waals surface area contributed by atoms with Crippen LogP contribution >= 0.6 is 23.2 Å². The van der Waals surface area contributed by atoms with E-state index in [4.69, 9.17) is 23.2 Å². The fourth-order valence-corrected chi connectivity index (χ4v) is 2.47. The topological polar surface area (TPSA) is 20.3 Å². The number of carbonyl (C=O) groups is 1. The van der Waals surface area contributed by atoms with Crippen LogP contribution in [-0.2, 0) is 0 Å². The van der Waals surface area contributed by atoms with Crippen molar-refractivity contribution in [1.82, 2.24) is 4.90 Å². The van der Waals surface area contributed by atoms with Gasteiger partial charge in [0.05, 0.1) is 0 Å². The maximum atomic E-state index is 12.2. The predicted molar refractivity (Wildman–Crippen MR) is 70.9 cm³/mol. The Labute approximate surface area is 112 Å². The van der Waals surface area contributed by atoms with Crippen LogP contribution in [0, 0.1) is 12.8 Å². The molecule has 0 radical (unpaired) electrons. The molecule has 1 atom stereocenters. The summed E-state index contributed by atoms with van der Waals surface area (Å²) in [6.07, 6.45) is 1.00. The first-order valence-corrected chi connectivity index (χ1v) is 6.64. The third-order valence-electron chi connectivity index (χ3n) is 3.20. The summed E-state index contributed by atoms with van der Waals surface area (Å²) in [5.74, 6) is 1.15. The van der Waals surface area contributed by atoms with Crippen molar-refractivity contribution in [1.29, 1.82) is 0 Å². The molecule has 0 saturated carbocycles. The molecule has 2 rings (SSSR count). The second-order valence-electron chi connectivity index (χ2n) is 4.52. The third kappa shape index (κ3) is 2.75. The minimum Gasteiger partial charge on any atom is -0.338 e. The number of rotatable bonds is 2. The summed E-state index contributed by atoms with van der Waals surface area (Å²) < 4.78 is 0. The highest BCUT2D eigenvalue weighted by molar-refractivity contribution is 6.31. The van der Waals surface area contributed by atoms with Crippen LogP contribution in [0.1, 0.15) is 22.3 Å². The Morgan fingerprint density at radius 2 is 2.29 bits per heavy atom. The number of halogens is 2. The summed E-state index contributed by atoms with van der Waals surface area (Å²) in [5, 5.41) is 0.696. The molecule has 1 aliphatic rings. The van der Waals surface area contributed by atoms with Crippen LogP contribution in [0.5, 0.6) is 0 Å². The van der Waals surface area contributed by atoms with Gasteiger partial charge in [-0.15, -0.1) is 11.6 Å². The standard InChI is InChI=1S/C13H15Cl2NO/c1-9-6-11(2-3-12(9)15)13(17)16-5-4-10(7-14)8-16/h2-3,6,10H,4-5,7-8H2,1H3. The highest BCUT2D eigenvalue weighted by Crippen LogP contribution is 2.22. The molecule has 92 valence electrons. The van der Waals surface area contributed by atoms with E-state index < -0.39 is 0 Å². The van der Waals surface area contributed by atoms with Crippen LogP contribution in [0.2, 0.25) is 5.02 Å². The van der Waals surface area contributed by atoms with Crippen molar-refractivity contribution in [2.45, 2.75) is 13.3 Å². The average molecular weight is 272 g/mol. The third-order valence-corrected chi connectivity index (χ3v) is 4.06. The minimum absolute atomic E-state index is 0.0809. The van der Waals surface area contributed by atoms with Crippen LogP contribution in [0.15, 0.2) is 18.2 Å². The maximum Gasteiger partial charge on any atom is 0.253 e. The van der Waals surface area contributed by atoms with Gasteiger partial charge in [0.2, 0.25) is 0 Å². The fourth-order valence-electron chi connectivity index (χ4n) is 2.10. The van der Waals surface area contributed by atoms with Crippen LogP contribution in [0.3, 0.4) is 0 Å². The molecule has 2 nitrogen and oxygen atoms in total. The minimum atomic E-state index is 0.0809. The quantitative estimate of drug-likeness (QED) is 0.756. The molecule has 0 spiro atoms. The van der Waals surface area contributed by atoms with E-state index in [1.807, 2.05) is 17.9 Å². The van der Waals surface area contributed by atoms with E-state index in [1.54, 1.807) is 12.1 Å². The molecule has 17 heavy (non-hydrogen) atoms. The van der Waals surface area contributed by atoms with Gasteiger partial charge in [0, 0.05) is 29.6 Å². The van der Waals surface area contributed by atoms with Crippen LogP contribution < -0.4 is 0 Å². The van der Waals surface area contributed by atoms with Crippen molar-refractivity contribution in [3.63, 3.8) is 0 Å². The van der Waals surface area contributed by atoms with Crippen LogP contribution in [0.25, 0.3) is 0 Å². The number of carbonyl (C=O) groups excluding carboxylic acids is 1. The molecule has 1 aromatic rings. The molecule has 1 saturated heterocycles. The van der Waals surface area contributed by atoms with Gasteiger partial charge in [-0.1, -0.05) is 11.6 Å². The smallest absolute Gasteiger partial charge is 0.253 e. The molecule has 0 aliphatic carbocycles. The fraction of sp³-hybridized carbons (Fsp3) is 0.462. The van der Waals surface area contributed by atoms with E-state index in [9.17, 15) is 4.79 Å². The van der Waals surface area contributed by atoms with Crippen molar-refractivity contribution in [3.8, 4) is 0 Å². The first-order valence-electron chi connectivity index (χ1n) is 5.73. The Bertz CT molecular complexity index is 433. The number of nitrogens with zero attached hydrogens (tertiary/aromatic N) is 1. The molecule has 0 aromatic heterocycles. The Kier molecular flexibility index (Phi) is 3.95. The summed E-state index contributed by atoms with van der Waals surface area (Å²) in [4.78, 5) is 14.1. The van der Waals surface area contributed by atoms with E-state index in [-0.39, 0.29) is 5.91 Å². The highest BCUT2D eigenvalue weighted by Gasteiger charge is 2.26. The second kappa shape index (κ2) is 5.28. The van der Waals surface area contributed by atoms with Gasteiger partial charge in [0.1, 0.15) is 0 Å². The van der Waals surface area contributed by atoms with E-state index >= 15 is 0 Å². The van der Waals surface area contributed by atoms with E-state index in [2.05, 4.69) is 0 Å². The number of hydrogen-bond acceptors (Lipinski definition) is 1. The van der Waals surface area contributed by atoms with Gasteiger partial charge in [0.15, 0.2) is 0 Å². The average Bonchev–Trinajstić information content (AvgIpc) is 2.80. The zero-order valence-corrected chi connectivity index (χ0v) is 11.3. The molecule has 4 heteroatoms. The summed E-state index contributed by atoms with van der Waals surface area (Å²) in [7, 11) is 0.